The minimum absolute atomic E-state index is 0. The Kier molecular flexibility index (Phi) is 12.9. The first kappa shape index (κ1) is 24.9. The van der Waals surface area contributed by atoms with Gasteiger partial charge in [0.15, 0.2) is 0 Å². The van der Waals surface area contributed by atoms with Crippen molar-refractivity contribution in [3.63, 3.8) is 0 Å². The van der Waals surface area contributed by atoms with E-state index in [1.165, 1.54) is 0 Å². The summed E-state index contributed by atoms with van der Waals surface area (Å²) in [5.74, 6) is -1.94. The van der Waals surface area contributed by atoms with E-state index in [0.717, 1.165) is 49.7 Å². The molecule has 0 fully saturated rings. The molecule has 0 aliphatic carbocycles. The Bertz CT molecular complexity index is 627. The van der Waals surface area contributed by atoms with Gasteiger partial charge in [-0.3, -0.25) is 0 Å². The van der Waals surface area contributed by atoms with Crippen molar-refractivity contribution in [2.24, 2.45) is 0 Å². The number of pyridine rings is 2. The Balaban J connectivity index is 0.000000483. The Hall–Kier alpha value is -2.14. The number of hydrogen-bond donors (Lipinski definition) is 2. The Morgan fingerprint density at radius 3 is 1.37 bits per heavy atom. The molecule has 0 bridgehead atoms. The minimum atomic E-state index is -0.970. The van der Waals surface area contributed by atoms with E-state index in [2.05, 4.69) is 23.8 Å². The predicted molar refractivity (Wildman–Crippen MR) is 99.6 cm³/mol. The molecule has 6 nitrogen and oxygen atoms in total. The van der Waals surface area contributed by atoms with Gasteiger partial charge in [-0.05, 0) is 48.9 Å². The monoisotopic (exact) mass is 422 g/mol. The standard InChI is InChI=1S/2C10H13NO2.Zn/c2*1-2-3-4-8-5-6-9(10(12)13)11-7-8;/h2*5-7H,2-4H2,1H3,(H,12,13);. The third-order valence-electron chi connectivity index (χ3n) is 3.73. The summed E-state index contributed by atoms with van der Waals surface area (Å²) in [6.45, 7) is 4.25. The second kappa shape index (κ2) is 14.0. The summed E-state index contributed by atoms with van der Waals surface area (Å²) in [6, 6.07) is 6.75. The summed E-state index contributed by atoms with van der Waals surface area (Å²) in [4.78, 5) is 28.6. The molecule has 0 atom stereocenters. The van der Waals surface area contributed by atoms with Gasteiger partial charge in [0.2, 0.25) is 0 Å². The average Bonchev–Trinajstić information content (AvgIpc) is 2.66. The summed E-state index contributed by atoms with van der Waals surface area (Å²) in [7, 11) is 0. The van der Waals surface area contributed by atoms with Crippen LogP contribution in [0.4, 0.5) is 0 Å². The van der Waals surface area contributed by atoms with Crippen LogP contribution in [0.25, 0.3) is 0 Å². The summed E-state index contributed by atoms with van der Waals surface area (Å²) in [5.41, 5.74) is 2.43. The van der Waals surface area contributed by atoms with Crippen molar-refractivity contribution in [2.45, 2.75) is 52.4 Å². The number of nitrogens with zero attached hydrogens (tertiary/aromatic N) is 2. The number of carboxylic acid groups (broad SMARTS) is 2. The second-order valence-corrected chi connectivity index (χ2v) is 5.92. The minimum Gasteiger partial charge on any atom is -0.477 e. The summed E-state index contributed by atoms with van der Waals surface area (Å²) < 4.78 is 0. The number of aryl methyl sites for hydroxylation is 2. The van der Waals surface area contributed by atoms with Crippen molar-refractivity contribution in [1.82, 2.24) is 9.97 Å². The van der Waals surface area contributed by atoms with Gasteiger partial charge in [0.25, 0.3) is 0 Å². The molecule has 0 saturated heterocycles. The summed E-state index contributed by atoms with van der Waals surface area (Å²) >= 11 is 0. The number of carbonyl (C=O) groups is 2. The van der Waals surface area contributed by atoms with Crippen LogP contribution < -0.4 is 0 Å². The van der Waals surface area contributed by atoms with Gasteiger partial charge in [0, 0.05) is 31.9 Å². The average molecular weight is 424 g/mol. The van der Waals surface area contributed by atoms with Crippen molar-refractivity contribution >= 4 is 11.9 Å². The van der Waals surface area contributed by atoms with Crippen molar-refractivity contribution in [2.75, 3.05) is 0 Å². The van der Waals surface area contributed by atoms with Crippen LogP contribution >= 0.6 is 0 Å². The molecule has 0 unspecified atom stereocenters. The zero-order chi connectivity index (χ0) is 19.4. The fraction of sp³-hybridized carbons (Fsp3) is 0.400. The van der Waals surface area contributed by atoms with E-state index in [0.29, 0.717) is 0 Å². The molecule has 2 N–H and O–H groups in total. The van der Waals surface area contributed by atoms with Gasteiger partial charge in [-0.15, -0.1) is 0 Å². The van der Waals surface area contributed by atoms with Gasteiger partial charge in [0.05, 0.1) is 0 Å². The van der Waals surface area contributed by atoms with Crippen molar-refractivity contribution in [1.29, 1.82) is 0 Å². The van der Waals surface area contributed by atoms with Crippen LogP contribution in [0, 0.1) is 0 Å². The molecule has 0 aromatic carbocycles. The zero-order valence-electron chi connectivity index (χ0n) is 16.0. The molecule has 0 radical (unpaired) electrons. The Morgan fingerprint density at radius 1 is 0.778 bits per heavy atom. The first-order valence-corrected chi connectivity index (χ1v) is 8.84. The molecule has 2 rings (SSSR count). The number of carboxylic acids is 2. The van der Waals surface area contributed by atoms with Gasteiger partial charge in [-0.1, -0.05) is 38.8 Å². The van der Waals surface area contributed by atoms with Crippen molar-refractivity contribution in [3.05, 3.63) is 59.2 Å². The Labute approximate surface area is 172 Å². The zero-order valence-corrected chi connectivity index (χ0v) is 19.0. The van der Waals surface area contributed by atoms with Gasteiger partial charge in [-0.2, -0.15) is 0 Å². The molecular formula is C20H26N2O4Zn. The van der Waals surface area contributed by atoms with Gasteiger partial charge in [-0.25, -0.2) is 19.6 Å². The van der Waals surface area contributed by atoms with Crippen LogP contribution in [-0.2, 0) is 32.3 Å². The van der Waals surface area contributed by atoms with E-state index < -0.39 is 11.9 Å². The van der Waals surface area contributed by atoms with Gasteiger partial charge in [0.1, 0.15) is 11.4 Å². The first-order valence-electron chi connectivity index (χ1n) is 8.84. The summed E-state index contributed by atoms with van der Waals surface area (Å²) in [6.07, 6.45) is 9.74. The largest absolute Gasteiger partial charge is 0.477 e. The van der Waals surface area contributed by atoms with E-state index in [-0.39, 0.29) is 30.9 Å². The fourth-order valence-electron chi connectivity index (χ4n) is 2.16. The molecule has 2 heterocycles. The maximum atomic E-state index is 10.5. The molecule has 27 heavy (non-hydrogen) atoms. The predicted octanol–water partition coefficient (Wildman–Crippen LogP) is 4.24. The number of aromatic carboxylic acids is 2. The van der Waals surface area contributed by atoms with E-state index in [4.69, 9.17) is 10.2 Å². The van der Waals surface area contributed by atoms with Crippen LogP contribution in [0.5, 0.6) is 0 Å². The maximum Gasteiger partial charge on any atom is 0.354 e. The van der Waals surface area contributed by atoms with E-state index in [1.807, 2.05) is 12.1 Å². The second-order valence-electron chi connectivity index (χ2n) is 5.92. The normalized spacial score (nSPS) is 9.56. The number of rotatable bonds is 8. The smallest absolute Gasteiger partial charge is 0.354 e. The summed E-state index contributed by atoms with van der Waals surface area (Å²) in [5, 5.41) is 17.2. The Morgan fingerprint density at radius 2 is 1.15 bits per heavy atom. The topological polar surface area (TPSA) is 100 Å². The number of aromatic nitrogens is 2. The molecular weight excluding hydrogens is 398 g/mol. The molecule has 142 valence electrons. The van der Waals surface area contributed by atoms with Crippen LogP contribution in [0.1, 0.15) is 71.6 Å². The molecule has 0 saturated carbocycles. The first-order chi connectivity index (χ1) is 12.5. The molecule has 0 amide bonds. The molecule has 0 spiro atoms. The van der Waals surface area contributed by atoms with Gasteiger partial charge < -0.3 is 10.2 Å². The van der Waals surface area contributed by atoms with E-state index in [1.54, 1.807) is 24.5 Å². The van der Waals surface area contributed by atoms with Gasteiger partial charge >= 0.3 is 11.9 Å². The third kappa shape index (κ3) is 9.95. The van der Waals surface area contributed by atoms with Crippen LogP contribution in [0.3, 0.4) is 0 Å². The SMILES string of the molecule is CCCCc1ccc(C(=O)O)nc1.CCCCc1ccc(C(=O)O)nc1.[Zn]. The van der Waals surface area contributed by atoms with Crippen molar-refractivity contribution in [3.8, 4) is 0 Å². The molecule has 0 aliphatic rings. The maximum absolute atomic E-state index is 10.5. The fourth-order valence-corrected chi connectivity index (χ4v) is 2.16. The number of unbranched alkanes of at least 4 members (excludes halogenated alkanes) is 2. The molecule has 2 aromatic rings. The van der Waals surface area contributed by atoms with Crippen LogP contribution in [-0.4, -0.2) is 32.1 Å². The molecule has 7 heteroatoms. The third-order valence-corrected chi connectivity index (χ3v) is 3.73. The van der Waals surface area contributed by atoms with E-state index >= 15 is 0 Å². The van der Waals surface area contributed by atoms with Crippen LogP contribution in [0.2, 0.25) is 0 Å². The molecule has 0 aliphatic heterocycles. The quantitative estimate of drug-likeness (QED) is 0.616. The van der Waals surface area contributed by atoms with Crippen LogP contribution in [0.15, 0.2) is 36.7 Å². The van der Waals surface area contributed by atoms with E-state index in [9.17, 15) is 9.59 Å². The molecule has 2 aromatic heterocycles. The van der Waals surface area contributed by atoms with Crippen molar-refractivity contribution < 1.29 is 39.3 Å². The number of hydrogen-bond acceptors (Lipinski definition) is 4.